The summed E-state index contributed by atoms with van der Waals surface area (Å²) in [6.07, 6.45) is 4.10. The largest absolute Gasteiger partial charge is 0.352 e. The fraction of sp³-hybridized carbons (Fsp3) is 0.417. The van der Waals surface area contributed by atoms with Crippen molar-refractivity contribution in [1.29, 1.82) is 0 Å². The van der Waals surface area contributed by atoms with Crippen LogP contribution in [0, 0.1) is 5.82 Å². The lowest BCUT2D eigenvalue weighted by Gasteiger charge is -2.30. The molecule has 0 bridgehead atoms. The van der Waals surface area contributed by atoms with Gasteiger partial charge in [-0.25, -0.2) is 4.39 Å². The molecule has 178 valence electrons. The standard InChI is InChI=1S/C24H26Cl3FN2O2S/c1-15(24(32)29-18-5-2-3-6-18)30(12-16-9-10-17(25)11-21(16)27)23(31)14-33-13-19-20(26)7-4-8-22(19)28/h4,7-11,15,18H,2-3,5-6,12-14H2,1H3,(H,29,32)/t15-/m1/s1. The second-order valence-corrected chi connectivity index (χ2v) is 10.4. The van der Waals surface area contributed by atoms with Crippen molar-refractivity contribution >= 4 is 58.4 Å². The van der Waals surface area contributed by atoms with E-state index < -0.39 is 11.9 Å². The Balaban J connectivity index is 1.71. The van der Waals surface area contributed by atoms with Gasteiger partial charge in [-0.05, 0) is 49.6 Å². The number of hydrogen-bond acceptors (Lipinski definition) is 3. The van der Waals surface area contributed by atoms with Gasteiger partial charge in [-0.2, -0.15) is 0 Å². The Morgan fingerprint density at radius 3 is 2.55 bits per heavy atom. The zero-order valence-corrected chi connectivity index (χ0v) is 21.3. The molecule has 0 heterocycles. The molecule has 1 fully saturated rings. The smallest absolute Gasteiger partial charge is 0.242 e. The van der Waals surface area contributed by atoms with Gasteiger partial charge in [0.2, 0.25) is 11.8 Å². The van der Waals surface area contributed by atoms with Gasteiger partial charge in [0.25, 0.3) is 0 Å². The van der Waals surface area contributed by atoms with Crippen LogP contribution in [0.2, 0.25) is 15.1 Å². The summed E-state index contributed by atoms with van der Waals surface area (Å²) >= 11 is 19.7. The van der Waals surface area contributed by atoms with E-state index in [0.29, 0.717) is 26.2 Å². The zero-order chi connectivity index (χ0) is 24.0. The Bertz CT molecular complexity index is 981. The third-order valence-corrected chi connectivity index (χ3v) is 7.64. The van der Waals surface area contributed by atoms with E-state index in [2.05, 4.69) is 5.32 Å². The van der Waals surface area contributed by atoms with Crippen LogP contribution in [0.25, 0.3) is 0 Å². The maximum absolute atomic E-state index is 14.1. The van der Waals surface area contributed by atoms with E-state index in [1.54, 1.807) is 37.3 Å². The predicted molar refractivity (Wildman–Crippen MR) is 134 cm³/mol. The lowest BCUT2D eigenvalue weighted by atomic mass is 10.1. The van der Waals surface area contributed by atoms with Crippen LogP contribution < -0.4 is 5.32 Å². The summed E-state index contributed by atoms with van der Waals surface area (Å²) in [5.74, 6) is -0.529. The minimum Gasteiger partial charge on any atom is -0.352 e. The molecular weight excluding hydrogens is 506 g/mol. The van der Waals surface area contributed by atoms with Crippen LogP contribution in [-0.2, 0) is 21.9 Å². The van der Waals surface area contributed by atoms with Gasteiger partial charge in [-0.1, -0.05) is 59.8 Å². The molecule has 2 amide bonds. The van der Waals surface area contributed by atoms with Gasteiger partial charge in [0.1, 0.15) is 11.9 Å². The van der Waals surface area contributed by atoms with E-state index in [0.717, 1.165) is 25.7 Å². The molecule has 1 saturated carbocycles. The molecule has 0 spiro atoms. The first-order valence-electron chi connectivity index (χ1n) is 10.8. The molecule has 4 nitrogen and oxygen atoms in total. The molecule has 2 aromatic carbocycles. The average Bonchev–Trinajstić information content (AvgIpc) is 3.27. The quantitative estimate of drug-likeness (QED) is 0.402. The minimum absolute atomic E-state index is 0.0664. The molecule has 0 radical (unpaired) electrons. The van der Waals surface area contributed by atoms with E-state index in [1.807, 2.05) is 0 Å². The number of thioether (sulfide) groups is 1. The molecule has 1 N–H and O–H groups in total. The Labute approximate surface area is 213 Å². The molecule has 2 aromatic rings. The number of nitrogens with one attached hydrogen (secondary N) is 1. The lowest BCUT2D eigenvalue weighted by molar-refractivity contribution is -0.138. The Morgan fingerprint density at radius 2 is 1.88 bits per heavy atom. The highest BCUT2D eigenvalue weighted by Crippen LogP contribution is 2.26. The predicted octanol–water partition coefficient (Wildman–Crippen LogP) is 6.50. The minimum atomic E-state index is -0.692. The van der Waals surface area contributed by atoms with Crippen LogP contribution in [0.1, 0.15) is 43.7 Å². The summed E-state index contributed by atoms with van der Waals surface area (Å²) in [4.78, 5) is 27.6. The van der Waals surface area contributed by atoms with Crippen molar-refractivity contribution in [3.63, 3.8) is 0 Å². The van der Waals surface area contributed by atoms with Gasteiger partial charge >= 0.3 is 0 Å². The van der Waals surface area contributed by atoms with Crippen molar-refractivity contribution in [3.8, 4) is 0 Å². The number of hydrogen-bond donors (Lipinski definition) is 1. The SMILES string of the molecule is C[C@H](C(=O)NC1CCCC1)N(Cc1ccc(Cl)cc1Cl)C(=O)CSCc1c(F)cccc1Cl. The molecule has 0 saturated heterocycles. The maximum Gasteiger partial charge on any atom is 0.242 e. The van der Waals surface area contributed by atoms with Gasteiger partial charge in [0.15, 0.2) is 0 Å². The molecule has 1 atom stereocenters. The summed E-state index contributed by atoms with van der Waals surface area (Å²) in [5.41, 5.74) is 1.05. The molecule has 1 aliphatic rings. The number of benzene rings is 2. The van der Waals surface area contributed by atoms with E-state index in [9.17, 15) is 14.0 Å². The highest BCUT2D eigenvalue weighted by atomic mass is 35.5. The van der Waals surface area contributed by atoms with Crippen molar-refractivity contribution in [3.05, 3.63) is 68.4 Å². The molecule has 0 unspecified atom stereocenters. The Kier molecular flexibility index (Phi) is 9.74. The number of nitrogens with zero attached hydrogens (tertiary/aromatic N) is 1. The average molecular weight is 532 g/mol. The van der Waals surface area contributed by atoms with E-state index in [1.165, 1.54) is 22.7 Å². The number of carbonyl (C=O) groups excluding carboxylic acids is 2. The zero-order valence-electron chi connectivity index (χ0n) is 18.3. The summed E-state index contributed by atoms with van der Waals surface area (Å²) in [7, 11) is 0. The first kappa shape index (κ1) is 26.1. The molecular formula is C24H26Cl3FN2O2S. The topological polar surface area (TPSA) is 49.4 Å². The van der Waals surface area contributed by atoms with Gasteiger partial charge in [0.05, 0.1) is 5.75 Å². The van der Waals surface area contributed by atoms with Crippen molar-refractivity contribution in [2.75, 3.05) is 5.75 Å². The molecule has 0 aliphatic heterocycles. The van der Waals surface area contributed by atoms with Crippen LogP contribution >= 0.6 is 46.6 Å². The fourth-order valence-electron chi connectivity index (χ4n) is 3.80. The van der Waals surface area contributed by atoms with Gasteiger partial charge in [-0.3, -0.25) is 9.59 Å². The summed E-state index contributed by atoms with van der Waals surface area (Å²) in [5, 5.41) is 4.30. The number of carbonyl (C=O) groups is 2. The normalized spacial score (nSPS) is 14.8. The third kappa shape index (κ3) is 7.25. The van der Waals surface area contributed by atoms with Gasteiger partial charge in [-0.15, -0.1) is 11.8 Å². The summed E-state index contributed by atoms with van der Waals surface area (Å²) in [6, 6.07) is 9.01. The van der Waals surface area contributed by atoms with Crippen LogP contribution in [-0.4, -0.2) is 34.6 Å². The fourth-order valence-corrected chi connectivity index (χ4v) is 5.52. The van der Waals surface area contributed by atoms with Crippen LogP contribution in [0.5, 0.6) is 0 Å². The molecule has 1 aliphatic carbocycles. The van der Waals surface area contributed by atoms with Crippen LogP contribution in [0.3, 0.4) is 0 Å². The highest BCUT2D eigenvalue weighted by Gasteiger charge is 2.29. The van der Waals surface area contributed by atoms with Crippen molar-refractivity contribution in [2.24, 2.45) is 0 Å². The second-order valence-electron chi connectivity index (χ2n) is 8.12. The number of amides is 2. The Hall–Kier alpha value is -1.47. The van der Waals surface area contributed by atoms with Gasteiger partial charge < -0.3 is 10.2 Å². The lowest BCUT2D eigenvalue weighted by Crippen LogP contribution is -2.50. The van der Waals surface area contributed by atoms with Crippen molar-refractivity contribution < 1.29 is 14.0 Å². The van der Waals surface area contributed by atoms with Crippen molar-refractivity contribution in [1.82, 2.24) is 10.2 Å². The number of halogens is 4. The van der Waals surface area contributed by atoms with Crippen LogP contribution in [0.4, 0.5) is 4.39 Å². The van der Waals surface area contributed by atoms with Crippen molar-refractivity contribution in [2.45, 2.75) is 57.0 Å². The maximum atomic E-state index is 14.1. The summed E-state index contributed by atoms with van der Waals surface area (Å²) < 4.78 is 14.1. The first-order valence-corrected chi connectivity index (χ1v) is 13.1. The summed E-state index contributed by atoms with van der Waals surface area (Å²) in [6.45, 7) is 1.87. The molecule has 0 aromatic heterocycles. The van der Waals surface area contributed by atoms with E-state index >= 15 is 0 Å². The monoisotopic (exact) mass is 530 g/mol. The third-order valence-electron chi connectivity index (χ3n) is 5.76. The highest BCUT2D eigenvalue weighted by molar-refractivity contribution is 7.99. The first-order chi connectivity index (χ1) is 15.8. The van der Waals surface area contributed by atoms with E-state index in [-0.39, 0.29) is 35.9 Å². The van der Waals surface area contributed by atoms with E-state index in [4.69, 9.17) is 34.8 Å². The number of rotatable bonds is 9. The van der Waals surface area contributed by atoms with Gasteiger partial charge in [0, 0.05) is 39.0 Å². The Morgan fingerprint density at radius 1 is 1.15 bits per heavy atom. The molecule has 33 heavy (non-hydrogen) atoms. The molecule has 3 rings (SSSR count). The van der Waals surface area contributed by atoms with Crippen LogP contribution in [0.15, 0.2) is 36.4 Å². The second kappa shape index (κ2) is 12.3. The molecule has 9 heteroatoms.